The number of rotatable bonds is 7. The molecule has 2 aliphatic rings. The molecule has 1 saturated heterocycles. The molecule has 1 aliphatic carbocycles. The number of piperidine rings is 1. The second-order valence-corrected chi connectivity index (χ2v) is 7.13. The maximum absolute atomic E-state index is 12.8. The van der Waals surface area contributed by atoms with E-state index in [1.54, 1.807) is 29.2 Å². The zero-order valence-electron chi connectivity index (χ0n) is 14.6. The summed E-state index contributed by atoms with van der Waals surface area (Å²) >= 11 is 0. The lowest BCUT2D eigenvalue weighted by Gasteiger charge is -2.39. The summed E-state index contributed by atoms with van der Waals surface area (Å²) in [6.07, 6.45) is 3.65. The fourth-order valence-electron chi connectivity index (χ4n) is 3.31. The molecular weight excluding hydrogens is 322 g/mol. The van der Waals surface area contributed by atoms with Crippen molar-refractivity contribution in [3.05, 3.63) is 29.8 Å². The van der Waals surface area contributed by atoms with Gasteiger partial charge < -0.3 is 19.5 Å². The molecule has 1 N–H and O–H groups in total. The minimum atomic E-state index is -1.02. The van der Waals surface area contributed by atoms with Crippen LogP contribution in [0.4, 0.5) is 0 Å². The predicted molar refractivity (Wildman–Crippen MR) is 91.7 cm³/mol. The van der Waals surface area contributed by atoms with E-state index in [1.807, 2.05) is 0 Å². The van der Waals surface area contributed by atoms with Gasteiger partial charge >= 0.3 is 5.97 Å². The summed E-state index contributed by atoms with van der Waals surface area (Å²) in [7, 11) is 1.49. The third kappa shape index (κ3) is 4.12. The fraction of sp³-hybridized carbons (Fsp3) is 0.579. The van der Waals surface area contributed by atoms with Crippen LogP contribution in [0.15, 0.2) is 24.3 Å². The Balaban J connectivity index is 1.65. The second kappa shape index (κ2) is 7.44. The first kappa shape index (κ1) is 17.7. The van der Waals surface area contributed by atoms with Crippen molar-refractivity contribution in [3.8, 4) is 5.75 Å². The number of hydrogen-bond acceptors (Lipinski definition) is 4. The van der Waals surface area contributed by atoms with Crippen molar-refractivity contribution in [2.45, 2.75) is 25.7 Å². The van der Waals surface area contributed by atoms with Crippen molar-refractivity contribution in [1.82, 2.24) is 4.90 Å². The van der Waals surface area contributed by atoms with Crippen molar-refractivity contribution in [1.29, 1.82) is 0 Å². The second-order valence-electron chi connectivity index (χ2n) is 7.13. The lowest BCUT2D eigenvalue weighted by Crippen LogP contribution is -2.52. The molecule has 1 aromatic rings. The molecule has 1 saturated carbocycles. The first-order chi connectivity index (χ1) is 12.0. The smallest absolute Gasteiger partial charge is 0.313 e. The Hall–Kier alpha value is -2.08. The Morgan fingerprint density at radius 2 is 2.00 bits per heavy atom. The highest BCUT2D eigenvalue weighted by molar-refractivity contribution is 5.95. The van der Waals surface area contributed by atoms with Gasteiger partial charge in [0.15, 0.2) is 0 Å². The normalized spacial score (nSPS) is 23.3. The van der Waals surface area contributed by atoms with Crippen LogP contribution in [0, 0.1) is 11.3 Å². The zero-order chi connectivity index (χ0) is 17.9. The van der Waals surface area contributed by atoms with Gasteiger partial charge in [0, 0.05) is 25.8 Å². The van der Waals surface area contributed by atoms with Gasteiger partial charge in [0.1, 0.15) is 11.2 Å². The number of likely N-dealkylation sites (tertiary alicyclic amines) is 1. The van der Waals surface area contributed by atoms with Gasteiger partial charge in [-0.3, -0.25) is 9.59 Å². The predicted octanol–water partition coefficient (Wildman–Crippen LogP) is 2.43. The van der Waals surface area contributed by atoms with Crippen molar-refractivity contribution >= 4 is 11.9 Å². The molecule has 1 heterocycles. The number of hydrogen-bond donors (Lipinski definition) is 1. The van der Waals surface area contributed by atoms with Gasteiger partial charge in [-0.15, -0.1) is 0 Å². The molecule has 1 atom stereocenters. The van der Waals surface area contributed by atoms with Gasteiger partial charge in [0.25, 0.3) is 5.91 Å². The monoisotopic (exact) mass is 347 g/mol. The van der Waals surface area contributed by atoms with Crippen LogP contribution in [0.5, 0.6) is 5.75 Å². The first-order valence-electron chi connectivity index (χ1n) is 8.78. The minimum Gasteiger partial charge on any atom is -0.493 e. The third-order valence-electron chi connectivity index (χ3n) is 5.02. The Bertz CT molecular complexity index is 621. The van der Waals surface area contributed by atoms with Gasteiger partial charge in [-0.25, -0.2) is 0 Å². The van der Waals surface area contributed by atoms with E-state index in [9.17, 15) is 14.7 Å². The number of carboxylic acid groups (broad SMARTS) is 1. The van der Waals surface area contributed by atoms with Crippen molar-refractivity contribution in [2.24, 2.45) is 11.3 Å². The number of benzene rings is 1. The molecule has 1 unspecified atom stereocenters. The highest BCUT2D eigenvalue weighted by atomic mass is 16.5. The standard InChI is InChI=1S/C19H25NO5/c1-24-13-19(18(22)23)9-2-10-20(12-19)17(21)15-5-7-16(8-6-15)25-11-14-3-4-14/h5-8,14H,2-4,9-13H2,1H3,(H,22,23). The summed E-state index contributed by atoms with van der Waals surface area (Å²) in [4.78, 5) is 26.1. The van der Waals surface area contributed by atoms with E-state index in [0.29, 0.717) is 30.9 Å². The van der Waals surface area contributed by atoms with Gasteiger partial charge in [-0.2, -0.15) is 0 Å². The maximum Gasteiger partial charge on any atom is 0.313 e. The largest absolute Gasteiger partial charge is 0.493 e. The number of methoxy groups -OCH3 is 1. The number of carboxylic acids is 1. The number of ether oxygens (including phenoxy) is 2. The summed E-state index contributed by atoms with van der Waals surface area (Å²) in [5, 5.41) is 9.60. The molecule has 136 valence electrons. The molecule has 6 heteroatoms. The van der Waals surface area contributed by atoms with Crippen LogP contribution in [0.3, 0.4) is 0 Å². The van der Waals surface area contributed by atoms with E-state index in [-0.39, 0.29) is 19.1 Å². The number of carbonyl (C=O) groups is 2. The number of carbonyl (C=O) groups excluding carboxylic acids is 1. The SMILES string of the molecule is COCC1(C(=O)O)CCCN(C(=O)c2ccc(OCC3CC3)cc2)C1. The van der Waals surface area contributed by atoms with E-state index in [0.717, 1.165) is 12.4 Å². The van der Waals surface area contributed by atoms with Crippen molar-refractivity contribution in [2.75, 3.05) is 33.4 Å². The molecule has 0 spiro atoms. The average molecular weight is 347 g/mol. The Labute approximate surface area is 147 Å². The average Bonchev–Trinajstić information content (AvgIpc) is 3.44. The molecular formula is C19H25NO5. The van der Waals surface area contributed by atoms with Gasteiger partial charge in [0.05, 0.1) is 13.2 Å². The van der Waals surface area contributed by atoms with Crippen LogP contribution in [-0.2, 0) is 9.53 Å². The molecule has 0 bridgehead atoms. The minimum absolute atomic E-state index is 0.111. The van der Waals surface area contributed by atoms with Gasteiger partial charge in [-0.05, 0) is 55.9 Å². The highest BCUT2D eigenvalue weighted by Crippen LogP contribution is 2.32. The number of nitrogens with zero attached hydrogens (tertiary/aromatic N) is 1. The third-order valence-corrected chi connectivity index (χ3v) is 5.02. The zero-order valence-corrected chi connectivity index (χ0v) is 14.6. The summed E-state index contributed by atoms with van der Waals surface area (Å²) in [5.41, 5.74) is -0.465. The summed E-state index contributed by atoms with van der Waals surface area (Å²) in [6, 6.07) is 7.11. The topological polar surface area (TPSA) is 76.1 Å². The lowest BCUT2D eigenvalue weighted by molar-refractivity contribution is -0.155. The van der Waals surface area contributed by atoms with Crippen LogP contribution in [0.1, 0.15) is 36.0 Å². The van der Waals surface area contributed by atoms with E-state index in [4.69, 9.17) is 9.47 Å². The Morgan fingerprint density at radius 1 is 1.28 bits per heavy atom. The fourth-order valence-corrected chi connectivity index (χ4v) is 3.31. The van der Waals surface area contributed by atoms with E-state index >= 15 is 0 Å². The first-order valence-corrected chi connectivity index (χ1v) is 8.78. The van der Waals surface area contributed by atoms with E-state index < -0.39 is 11.4 Å². The highest BCUT2D eigenvalue weighted by Gasteiger charge is 2.44. The Kier molecular flexibility index (Phi) is 5.27. The molecule has 0 radical (unpaired) electrons. The van der Waals surface area contributed by atoms with Crippen molar-refractivity contribution in [3.63, 3.8) is 0 Å². The number of amides is 1. The molecule has 1 aromatic carbocycles. The molecule has 0 aromatic heterocycles. The van der Waals surface area contributed by atoms with Crippen LogP contribution in [-0.4, -0.2) is 55.3 Å². The molecule has 25 heavy (non-hydrogen) atoms. The molecule has 3 rings (SSSR count). The van der Waals surface area contributed by atoms with Crippen LogP contribution >= 0.6 is 0 Å². The molecule has 2 fully saturated rings. The van der Waals surface area contributed by atoms with E-state index in [2.05, 4.69) is 0 Å². The van der Waals surface area contributed by atoms with E-state index in [1.165, 1.54) is 20.0 Å². The Morgan fingerprint density at radius 3 is 2.60 bits per heavy atom. The number of aliphatic carboxylic acids is 1. The lowest BCUT2D eigenvalue weighted by atomic mass is 9.80. The maximum atomic E-state index is 12.8. The van der Waals surface area contributed by atoms with Gasteiger partial charge in [0.2, 0.25) is 0 Å². The van der Waals surface area contributed by atoms with Crippen molar-refractivity contribution < 1.29 is 24.2 Å². The van der Waals surface area contributed by atoms with Gasteiger partial charge in [-0.1, -0.05) is 0 Å². The molecule has 1 amide bonds. The summed E-state index contributed by atoms with van der Waals surface area (Å²) in [6.45, 7) is 1.59. The van der Waals surface area contributed by atoms with Crippen LogP contribution in [0.2, 0.25) is 0 Å². The molecule has 1 aliphatic heterocycles. The van der Waals surface area contributed by atoms with Crippen LogP contribution < -0.4 is 4.74 Å². The summed E-state index contributed by atoms with van der Waals surface area (Å²) in [5.74, 6) is 0.395. The quantitative estimate of drug-likeness (QED) is 0.820. The summed E-state index contributed by atoms with van der Waals surface area (Å²) < 4.78 is 10.8. The van der Waals surface area contributed by atoms with Crippen LogP contribution in [0.25, 0.3) is 0 Å². The molecule has 6 nitrogen and oxygen atoms in total.